The molecule has 0 fully saturated rings. The summed E-state index contributed by atoms with van der Waals surface area (Å²) < 4.78 is 0. The quantitative estimate of drug-likeness (QED) is 0.769. The number of unbranched alkanes of at least 4 members (excludes halogenated alkanes) is 1. The van der Waals surface area contributed by atoms with Crippen molar-refractivity contribution < 1.29 is 0 Å². The van der Waals surface area contributed by atoms with Crippen molar-refractivity contribution in [1.29, 1.82) is 0 Å². The van der Waals surface area contributed by atoms with Crippen molar-refractivity contribution in [2.24, 2.45) is 0 Å². The van der Waals surface area contributed by atoms with Crippen LogP contribution >= 0.6 is 0 Å². The maximum absolute atomic E-state index is 4.10. The highest BCUT2D eigenvalue weighted by atomic mass is 15.1. The topological polar surface area (TPSA) is 29.0 Å². The zero-order chi connectivity index (χ0) is 14.2. The van der Waals surface area contributed by atoms with E-state index in [1.54, 1.807) is 6.33 Å². The van der Waals surface area contributed by atoms with Crippen LogP contribution in [0.5, 0.6) is 0 Å². The van der Waals surface area contributed by atoms with Crippen molar-refractivity contribution in [3.05, 3.63) is 59.7 Å². The normalized spacial score (nSPS) is 10.9. The Balaban J connectivity index is 2.01. The maximum atomic E-state index is 4.10. The first-order valence-electron chi connectivity index (χ1n) is 7.29. The van der Waals surface area contributed by atoms with Crippen LogP contribution in [0.25, 0.3) is 0 Å². The standard InChI is InChI=1S/C17H23N3/c1-3-4-9-20(13-17-10-18-14-19-11-17)12-16-7-5-15(2)6-8-16/h5-8,10-11,14H,3-4,9,12-13H2,1-2H3. The molecule has 0 atom stereocenters. The van der Waals surface area contributed by atoms with Gasteiger partial charge < -0.3 is 0 Å². The molecule has 0 amide bonds. The van der Waals surface area contributed by atoms with Gasteiger partial charge >= 0.3 is 0 Å². The molecule has 1 aromatic carbocycles. The lowest BCUT2D eigenvalue weighted by molar-refractivity contribution is 0.252. The second kappa shape index (κ2) is 7.75. The summed E-state index contributed by atoms with van der Waals surface area (Å²) in [6.45, 7) is 7.36. The molecule has 0 radical (unpaired) electrons. The summed E-state index contributed by atoms with van der Waals surface area (Å²) in [6, 6.07) is 8.80. The average Bonchev–Trinajstić information content (AvgIpc) is 2.48. The summed E-state index contributed by atoms with van der Waals surface area (Å²) in [7, 11) is 0. The first kappa shape index (κ1) is 14.7. The van der Waals surface area contributed by atoms with Crippen LogP contribution in [0.15, 0.2) is 43.0 Å². The van der Waals surface area contributed by atoms with E-state index in [0.29, 0.717) is 0 Å². The van der Waals surface area contributed by atoms with Gasteiger partial charge in [0.25, 0.3) is 0 Å². The van der Waals surface area contributed by atoms with Crippen molar-refractivity contribution in [2.75, 3.05) is 6.54 Å². The van der Waals surface area contributed by atoms with Crippen molar-refractivity contribution in [3.8, 4) is 0 Å². The van der Waals surface area contributed by atoms with Crippen LogP contribution in [0.4, 0.5) is 0 Å². The molecule has 0 saturated heterocycles. The van der Waals surface area contributed by atoms with E-state index in [4.69, 9.17) is 0 Å². The average molecular weight is 269 g/mol. The Kier molecular flexibility index (Phi) is 5.69. The molecule has 3 heteroatoms. The Morgan fingerprint density at radius 3 is 2.25 bits per heavy atom. The highest BCUT2D eigenvalue weighted by Gasteiger charge is 2.07. The fourth-order valence-electron chi connectivity index (χ4n) is 2.22. The molecule has 20 heavy (non-hydrogen) atoms. The Labute approximate surface area is 121 Å². The lowest BCUT2D eigenvalue weighted by Gasteiger charge is -2.22. The van der Waals surface area contributed by atoms with Gasteiger partial charge in [-0.25, -0.2) is 9.97 Å². The lowest BCUT2D eigenvalue weighted by Crippen LogP contribution is -2.24. The smallest absolute Gasteiger partial charge is 0.115 e. The van der Waals surface area contributed by atoms with E-state index >= 15 is 0 Å². The molecule has 3 nitrogen and oxygen atoms in total. The molecule has 2 aromatic rings. The van der Waals surface area contributed by atoms with Crippen LogP contribution in [0.1, 0.15) is 36.5 Å². The van der Waals surface area contributed by atoms with Crippen LogP contribution < -0.4 is 0 Å². The Bertz CT molecular complexity index is 493. The van der Waals surface area contributed by atoms with Gasteiger partial charge in [0.15, 0.2) is 0 Å². The molecular weight excluding hydrogens is 246 g/mol. The summed E-state index contributed by atoms with van der Waals surface area (Å²) in [5.41, 5.74) is 3.85. The predicted octanol–water partition coefficient (Wildman–Crippen LogP) is 3.59. The largest absolute Gasteiger partial charge is 0.295 e. The minimum atomic E-state index is 0.911. The van der Waals surface area contributed by atoms with Gasteiger partial charge in [-0.15, -0.1) is 0 Å². The van der Waals surface area contributed by atoms with E-state index in [2.05, 4.69) is 53.0 Å². The van der Waals surface area contributed by atoms with Crippen molar-refractivity contribution in [2.45, 2.75) is 39.8 Å². The molecule has 1 heterocycles. The van der Waals surface area contributed by atoms with Crippen LogP contribution in [0.3, 0.4) is 0 Å². The molecule has 0 saturated carbocycles. The number of benzene rings is 1. The van der Waals surface area contributed by atoms with Gasteiger partial charge in [0.05, 0.1) is 0 Å². The molecule has 0 aliphatic carbocycles. The Morgan fingerprint density at radius 1 is 0.950 bits per heavy atom. The van der Waals surface area contributed by atoms with Gasteiger partial charge in [0, 0.05) is 31.0 Å². The second-order valence-corrected chi connectivity index (χ2v) is 5.30. The van der Waals surface area contributed by atoms with Crippen LogP contribution in [0, 0.1) is 6.92 Å². The minimum Gasteiger partial charge on any atom is -0.295 e. The van der Waals surface area contributed by atoms with Crippen LogP contribution in [-0.4, -0.2) is 21.4 Å². The van der Waals surface area contributed by atoms with E-state index in [-0.39, 0.29) is 0 Å². The molecular formula is C17H23N3. The molecule has 1 aromatic heterocycles. The van der Waals surface area contributed by atoms with E-state index in [1.807, 2.05) is 12.4 Å². The zero-order valence-corrected chi connectivity index (χ0v) is 12.4. The molecule has 0 spiro atoms. The van der Waals surface area contributed by atoms with Gasteiger partial charge in [0.2, 0.25) is 0 Å². The Hall–Kier alpha value is -1.74. The molecule has 2 rings (SSSR count). The van der Waals surface area contributed by atoms with Gasteiger partial charge in [-0.2, -0.15) is 0 Å². The number of hydrogen-bond acceptors (Lipinski definition) is 3. The number of aryl methyl sites for hydroxylation is 1. The van der Waals surface area contributed by atoms with Crippen molar-refractivity contribution in [1.82, 2.24) is 14.9 Å². The number of nitrogens with zero attached hydrogens (tertiary/aromatic N) is 3. The Morgan fingerprint density at radius 2 is 1.60 bits per heavy atom. The van der Waals surface area contributed by atoms with E-state index in [0.717, 1.165) is 19.6 Å². The summed E-state index contributed by atoms with van der Waals surface area (Å²) in [4.78, 5) is 10.7. The SMILES string of the molecule is CCCCN(Cc1ccc(C)cc1)Cc1cncnc1. The minimum absolute atomic E-state index is 0.911. The summed E-state index contributed by atoms with van der Waals surface area (Å²) >= 11 is 0. The first-order chi connectivity index (χ1) is 9.78. The van der Waals surface area contributed by atoms with Crippen LogP contribution in [-0.2, 0) is 13.1 Å². The monoisotopic (exact) mass is 269 g/mol. The highest BCUT2D eigenvalue weighted by molar-refractivity contribution is 5.21. The van der Waals surface area contributed by atoms with E-state index in [1.165, 1.54) is 29.5 Å². The zero-order valence-electron chi connectivity index (χ0n) is 12.4. The summed E-state index contributed by atoms with van der Waals surface area (Å²) in [5, 5.41) is 0. The van der Waals surface area contributed by atoms with Crippen LogP contribution in [0.2, 0.25) is 0 Å². The van der Waals surface area contributed by atoms with Gasteiger partial charge in [0.1, 0.15) is 6.33 Å². The fraction of sp³-hybridized carbons (Fsp3) is 0.412. The molecule has 0 unspecified atom stereocenters. The van der Waals surface area contributed by atoms with Gasteiger partial charge in [-0.1, -0.05) is 43.2 Å². The van der Waals surface area contributed by atoms with Crippen molar-refractivity contribution in [3.63, 3.8) is 0 Å². The first-order valence-corrected chi connectivity index (χ1v) is 7.29. The number of rotatable bonds is 7. The third-order valence-corrected chi connectivity index (χ3v) is 3.37. The second-order valence-electron chi connectivity index (χ2n) is 5.30. The highest BCUT2D eigenvalue weighted by Crippen LogP contribution is 2.11. The number of aromatic nitrogens is 2. The summed E-state index contributed by atoms with van der Waals surface area (Å²) in [6.07, 6.45) is 7.83. The maximum Gasteiger partial charge on any atom is 0.115 e. The van der Waals surface area contributed by atoms with Crippen molar-refractivity contribution >= 4 is 0 Å². The fourth-order valence-corrected chi connectivity index (χ4v) is 2.22. The predicted molar refractivity (Wildman–Crippen MR) is 82.2 cm³/mol. The molecule has 0 aliphatic rings. The molecule has 0 bridgehead atoms. The number of hydrogen-bond donors (Lipinski definition) is 0. The summed E-state index contributed by atoms with van der Waals surface area (Å²) in [5.74, 6) is 0. The molecule has 0 aliphatic heterocycles. The van der Waals surface area contributed by atoms with Gasteiger partial charge in [-0.05, 0) is 25.5 Å². The van der Waals surface area contributed by atoms with E-state index < -0.39 is 0 Å². The lowest BCUT2D eigenvalue weighted by atomic mass is 10.1. The molecule has 0 N–H and O–H groups in total. The van der Waals surface area contributed by atoms with Gasteiger partial charge in [-0.3, -0.25) is 4.90 Å². The third-order valence-electron chi connectivity index (χ3n) is 3.37. The third kappa shape index (κ3) is 4.74. The molecule has 106 valence electrons. The van der Waals surface area contributed by atoms with E-state index in [9.17, 15) is 0 Å².